The third-order valence-corrected chi connectivity index (χ3v) is 7.61. The van der Waals surface area contributed by atoms with Crippen LogP contribution in [0.15, 0.2) is 54.6 Å². The summed E-state index contributed by atoms with van der Waals surface area (Å²) in [6.07, 6.45) is 0. The Morgan fingerprint density at radius 1 is 0.438 bits per heavy atom. The van der Waals surface area contributed by atoms with E-state index in [1.807, 2.05) is 44.2 Å². The molecule has 15 nitrogen and oxygen atoms in total. The van der Waals surface area contributed by atoms with Crippen LogP contribution < -0.4 is 34.4 Å². The molecule has 0 aliphatic carbocycles. The van der Waals surface area contributed by atoms with Gasteiger partial charge in [-0.3, -0.25) is 0 Å². The van der Waals surface area contributed by atoms with Gasteiger partial charge in [0.1, 0.15) is 17.1 Å². The van der Waals surface area contributed by atoms with Crippen LogP contribution in [-0.2, 0) is 0 Å². The number of halogens is 4. The first-order chi connectivity index (χ1) is 22.7. The lowest BCUT2D eigenvalue weighted by Crippen LogP contribution is -2.04. The van der Waals surface area contributed by atoms with Gasteiger partial charge < -0.3 is 34.4 Å². The number of benzene rings is 3. The summed E-state index contributed by atoms with van der Waals surface area (Å²) in [6.45, 7) is 3.90. The SMILES string of the molecule is Cc1ccc(-c2nnc(N)nc2N)c(Cl)c1.Cc1ccc(Cl)c(-c2nnc(N)nc2N)c1.Nc1nnc(-c2cccc(Cl)c2Cl)c(N)n1. The lowest BCUT2D eigenvalue weighted by molar-refractivity contribution is 0.999. The van der Waals surface area contributed by atoms with Gasteiger partial charge in [-0.1, -0.05) is 82.3 Å². The fourth-order valence-corrected chi connectivity index (χ4v) is 4.87. The molecule has 48 heavy (non-hydrogen) atoms. The first kappa shape index (κ1) is 35.5. The van der Waals surface area contributed by atoms with Gasteiger partial charge in [-0.25, -0.2) is 0 Å². The minimum atomic E-state index is 0.0133. The van der Waals surface area contributed by atoms with E-state index in [0.717, 1.165) is 11.1 Å². The molecule has 0 spiro atoms. The highest BCUT2D eigenvalue weighted by Gasteiger charge is 2.14. The van der Waals surface area contributed by atoms with Gasteiger partial charge in [-0.15, -0.1) is 30.6 Å². The number of hydrogen-bond donors (Lipinski definition) is 6. The van der Waals surface area contributed by atoms with Crippen LogP contribution in [-0.4, -0.2) is 45.5 Å². The Morgan fingerprint density at radius 3 is 1.40 bits per heavy atom. The zero-order valence-electron chi connectivity index (χ0n) is 25.2. The second kappa shape index (κ2) is 15.5. The zero-order chi connectivity index (χ0) is 35.1. The van der Waals surface area contributed by atoms with E-state index in [9.17, 15) is 0 Å². The predicted octanol–water partition coefficient (Wildman–Crippen LogP) is 5.34. The molecule has 6 aromatic rings. The van der Waals surface area contributed by atoms with Gasteiger partial charge in [-0.2, -0.15) is 15.0 Å². The summed E-state index contributed by atoms with van der Waals surface area (Å²) in [4.78, 5) is 11.5. The molecule has 0 amide bonds. The molecular formula is C29H27Cl4N15. The molecule has 6 rings (SSSR count). The summed E-state index contributed by atoms with van der Waals surface area (Å²) in [5, 5.41) is 24.5. The van der Waals surface area contributed by atoms with Crippen LogP contribution in [0.3, 0.4) is 0 Å². The maximum atomic E-state index is 6.09. The number of nitrogen functional groups attached to an aromatic ring is 6. The highest BCUT2D eigenvalue weighted by Crippen LogP contribution is 2.34. The van der Waals surface area contributed by atoms with Gasteiger partial charge >= 0.3 is 0 Å². The lowest BCUT2D eigenvalue weighted by atomic mass is 10.1. The molecule has 0 bridgehead atoms. The summed E-state index contributed by atoms with van der Waals surface area (Å²) in [6, 6.07) is 16.3. The Hall–Kier alpha value is -5.35. The molecular weight excluding hydrogens is 700 g/mol. The van der Waals surface area contributed by atoms with E-state index in [4.69, 9.17) is 80.8 Å². The number of anilines is 6. The van der Waals surface area contributed by atoms with E-state index in [0.29, 0.717) is 53.9 Å². The topological polar surface area (TPSA) is 272 Å². The van der Waals surface area contributed by atoms with Crippen LogP contribution in [0.4, 0.5) is 35.3 Å². The molecule has 0 fully saturated rings. The standard InChI is InChI=1S/2C10H10ClN5.C9H7Cl2N5/c1-5-2-3-7(11)6(4-5)8-9(12)14-10(13)16-15-8;1-5-2-3-6(7(11)4-5)8-9(12)14-10(13)16-15-8;10-5-3-1-2-4(6(5)11)7-8(12)14-9(13)16-15-7/h2*2-4H,1H3,(H4,12,13,14,16);1-3H,(H4,12,13,14,16). The Labute approximate surface area is 294 Å². The predicted molar refractivity (Wildman–Crippen MR) is 192 cm³/mol. The van der Waals surface area contributed by atoms with Gasteiger partial charge in [0, 0.05) is 16.7 Å². The fraction of sp³-hybridized carbons (Fsp3) is 0.0690. The number of aromatic nitrogens is 9. The van der Waals surface area contributed by atoms with E-state index >= 15 is 0 Å². The highest BCUT2D eigenvalue weighted by molar-refractivity contribution is 6.43. The molecule has 0 aliphatic heterocycles. The van der Waals surface area contributed by atoms with E-state index in [1.54, 1.807) is 24.3 Å². The summed E-state index contributed by atoms with van der Waals surface area (Å²) in [7, 11) is 0. The van der Waals surface area contributed by atoms with Gasteiger partial charge in [0.15, 0.2) is 17.5 Å². The Balaban J connectivity index is 0.000000163. The lowest BCUT2D eigenvalue weighted by Gasteiger charge is -2.06. The van der Waals surface area contributed by atoms with E-state index < -0.39 is 0 Å². The Kier molecular flexibility index (Phi) is 11.5. The van der Waals surface area contributed by atoms with Gasteiger partial charge in [0.25, 0.3) is 0 Å². The second-order valence-electron chi connectivity index (χ2n) is 9.78. The maximum absolute atomic E-state index is 6.09. The van der Waals surface area contributed by atoms with Crippen molar-refractivity contribution in [1.29, 1.82) is 0 Å². The molecule has 246 valence electrons. The molecule has 0 atom stereocenters. The molecule has 0 radical (unpaired) electrons. The minimum Gasteiger partial charge on any atom is -0.382 e. The average molecular weight is 727 g/mol. The summed E-state index contributed by atoms with van der Waals surface area (Å²) >= 11 is 24.1. The van der Waals surface area contributed by atoms with Crippen molar-refractivity contribution in [2.45, 2.75) is 13.8 Å². The Bertz CT molecular complexity index is 2000. The molecule has 0 unspecified atom stereocenters. The maximum Gasteiger partial charge on any atom is 0.242 e. The average Bonchev–Trinajstić information content (AvgIpc) is 3.02. The first-order valence-electron chi connectivity index (χ1n) is 13.5. The van der Waals surface area contributed by atoms with Crippen molar-refractivity contribution in [1.82, 2.24) is 45.5 Å². The van der Waals surface area contributed by atoms with Gasteiger partial charge in [-0.05, 0) is 43.7 Å². The summed E-state index contributed by atoms with van der Waals surface area (Å²) in [5.41, 5.74) is 38.5. The van der Waals surface area contributed by atoms with E-state index in [1.165, 1.54) is 0 Å². The molecule has 19 heteroatoms. The Morgan fingerprint density at radius 2 is 0.896 bits per heavy atom. The number of hydrogen-bond acceptors (Lipinski definition) is 15. The van der Waals surface area contributed by atoms with Crippen LogP contribution in [0, 0.1) is 13.8 Å². The minimum absolute atomic E-state index is 0.0133. The first-order valence-corrected chi connectivity index (χ1v) is 15.0. The smallest absolute Gasteiger partial charge is 0.242 e. The second-order valence-corrected chi connectivity index (χ2v) is 11.4. The molecule has 3 aromatic carbocycles. The summed E-state index contributed by atoms with van der Waals surface area (Å²) in [5.74, 6) is 0.712. The van der Waals surface area contributed by atoms with Crippen LogP contribution in [0.5, 0.6) is 0 Å². The van der Waals surface area contributed by atoms with Crippen LogP contribution >= 0.6 is 46.4 Å². The number of nitrogens with two attached hydrogens (primary N) is 6. The third kappa shape index (κ3) is 8.71. The van der Waals surface area contributed by atoms with Crippen molar-refractivity contribution in [3.63, 3.8) is 0 Å². The van der Waals surface area contributed by atoms with Gasteiger partial charge in [0.2, 0.25) is 17.8 Å². The largest absolute Gasteiger partial charge is 0.382 e. The van der Waals surface area contributed by atoms with Crippen molar-refractivity contribution < 1.29 is 0 Å². The normalized spacial score (nSPS) is 10.4. The van der Waals surface area contributed by atoms with Crippen molar-refractivity contribution in [2.75, 3.05) is 34.4 Å². The monoisotopic (exact) mass is 725 g/mol. The molecule has 0 saturated carbocycles. The van der Waals surface area contributed by atoms with E-state index in [2.05, 4.69) is 45.5 Å². The summed E-state index contributed by atoms with van der Waals surface area (Å²) < 4.78 is 0. The van der Waals surface area contributed by atoms with Crippen LogP contribution in [0.1, 0.15) is 11.1 Å². The fourth-order valence-electron chi connectivity index (χ4n) is 3.95. The van der Waals surface area contributed by atoms with Crippen LogP contribution in [0.2, 0.25) is 20.1 Å². The van der Waals surface area contributed by atoms with Crippen molar-refractivity contribution in [3.8, 4) is 33.8 Å². The van der Waals surface area contributed by atoms with Crippen LogP contribution in [0.25, 0.3) is 33.8 Å². The van der Waals surface area contributed by atoms with Crippen molar-refractivity contribution >= 4 is 81.7 Å². The number of rotatable bonds is 3. The van der Waals surface area contributed by atoms with Gasteiger partial charge in [0.05, 0.1) is 20.1 Å². The molecule has 0 saturated heterocycles. The molecule has 3 heterocycles. The quantitative estimate of drug-likeness (QED) is 0.134. The number of aryl methyl sites for hydroxylation is 2. The van der Waals surface area contributed by atoms with Crippen molar-refractivity contribution in [2.24, 2.45) is 0 Å². The molecule has 12 N–H and O–H groups in total. The molecule has 0 aliphatic rings. The van der Waals surface area contributed by atoms with Crippen molar-refractivity contribution in [3.05, 3.63) is 85.8 Å². The van der Waals surface area contributed by atoms with E-state index in [-0.39, 0.29) is 35.3 Å². The zero-order valence-corrected chi connectivity index (χ0v) is 28.2. The number of nitrogens with zero attached hydrogens (tertiary/aromatic N) is 9. The third-order valence-electron chi connectivity index (χ3n) is 6.15. The molecule has 3 aromatic heterocycles. The highest BCUT2D eigenvalue weighted by atomic mass is 35.5.